The number of fused-ring (bicyclic) bond motifs is 1. The van der Waals surface area contributed by atoms with Crippen LogP contribution in [0.2, 0.25) is 5.02 Å². The van der Waals surface area contributed by atoms with Crippen LogP contribution >= 0.6 is 11.6 Å². The van der Waals surface area contributed by atoms with Crippen LogP contribution in [0.15, 0.2) is 48.2 Å². The number of alkyl halides is 1. The van der Waals surface area contributed by atoms with Crippen molar-refractivity contribution in [3.05, 3.63) is 75.8 Å². The standard InChI is InChI=1S/C26H27ClFN3O2/c1-4-20-24(19-11-10-17(27)15-22(19)32-3)29-21(5-2)26(30-20)31-25-18-9-7-6-8-16(18)14-23(25)33-13-12-28/h6-11,15H,4-5,12-14H2,1-3H3,(H,30,31). The minimum absolute atomic E-state index is 0.0241. The Balaban J connectivity index is 1.79. The number of benzene rings is 2. The number of nitrogens with one attached hydrogen (secondary N) is 1. The Morgan fingerprint density at radius 3 is 2.55 bits per heavy atom. The van der Waals surface area contributed by atoms with Crippen molar-refractivity contribution in [1.29, 1.82) is 0 Å². The summed E-state index contributed by atoms with van der Waals surface area (Å²) in [5, 5.41) is 4.07. The fraction of sp³-hybridized carbons (Fsp3) is 0.308. The molecule has 1 N–H and O–H groups in total. The molecule has 0 aliphatic heterocycles. The first kappa shape index (κ1) is 23.1. The van der Waals surface area contributed by atoms with E-state index in [1.807, 2.05) is 44.2 Å². The summed E-state index contributed by atoms with van der Waals surface area (Å²) >= 11 is 6.16. The number of anilines is 1. The topological polar surface area (TPSA) is 56.3 Å². The molecule has 0 unspecified atom stereocenters. The molecule has 3 aromatic rings. The van der Waals surface area contributed by atoms with Gasteiger partial charge in [-0.15, -0.1) is 0 Å². The maximum Gasteiger partial charge on any atom is 0.152 e. The molecule has 1 aromatic heterocycles. The van der Waals surface area contributed by atoms with E-state index in [4.69, 9.17) is 31.0 Å². The summed E-state index contributed by atoms with van der Waals surface area (Å²) in [4.78, 5) is 9.95. The van der Waals surface area contributed by atoms with Crippen molar-refractivity contribution in [3.8, 4) is 17.0 Å². The Bertz CT molecular complexity index is 1200. The highest BCUT2D eigenvalue weighted by Gasteiger charge is 2.25. The van der Waals surface area contributed by atoms with Gasteiger partial charge >= 0.3 is 0 Å². The number of aryl methyl sites for hydroxylation is 2. The number of hydrogen-bond donors (Lipinski definition) is 1. The normalized spacial score (nSPS) is 12.6. The van der Waals surface area contributed by atoms with Crippen molar-refractivity contribution in [3.63, 3.8) is 0 Å². The highest BCUT2D eigenvalue weighted by molar-refractivity contribution is 6.30. The van der Waals surface area contributed by atoms with Crippen LogP contribution in [0.25, 0.3) is 17.0 Å². The summed E-state index contributed by atoms with van der Waals surface area (Å²) in [5.74, 6) is 2.06. The number of ether oxygens (including phenoxy) is 2. The predicted molar refractivity (Wildman–Crippen MR) is 130 cm³/mol. The van der Waals surface area contributed by atoms with Gasteiger partial charge in [0, 0.05) is 22.6 Å². The molecular formula is C26H27ClFN3O2. The van der Waals surface area contributed by atoms with Crippen LogP contribution in [0, 0.1) is 0 Å². The lowest BCUT2D eigenvalue weighted by Gasteiger charge is -2.18. The van der Waals surface area contributed by atoms with Crippen molar-refractivity contribution < 1.29 is 13.9 Å². The Morgan fingerprint density at radius 2 is 1.82 bits per heavy atom. The smallest absolute Gasteiger partial charge is 0.152 e. The van der Waals surface area contributed by atoms with E-state index in [-0.39, 0.29) is 6.61 Å². The van der Waals surface area contributed by atoms with E-state index in [0.29, 0.717) is 35.9 Å². The lowest BCUT2D eigenvalue weighted by Crippen LogP contribution is -2.11. The van der Waals surface area contributed by atoms with Crippen molar-refractivity contribution in [2.24, 2.45) is 0 Å². The van der Waals surface area contributed by atoms with Gasteiger partial charge in [0.15, 0.2) is 5.82 Å². The lowest BCUT2D eigenvalue weighted by atomic mass is 10.1. The first-order chi connectivity index (χ1) is 16.1. The van der Waals surface area contributed by atoms with E-state index < -0.39 is 6.67 Å². The minimum Gasteiger partial charge on any atom is -0.496 e. The molecule has 4 rings (SSSR count). The van der Waals surface area contributed by atoms with Crippen molar-refractivity contribution in [1.82, 2.24) is 9.97 Å². The van der Waals surface area contributed by atoms with Gasteiger partial charge in [-0.05, 0) is 36.6 Å². The quantitative estimate of drug-likeness (QED) is 0.403. The summed E-state index contributed by atoms with van der Waals surface area (Å²) in [6.07, 6.45) is 1.99. The van der Waals surface area contributed by atoms with Gasteiger partial charge in [0.2, 0.25) is 0 Å². The zero-order valence-electron chi connectivity index (χ0n) is 19.0. The van der Waals surface area contributed by atoms with Gasteiger partial charge in [0.05, 0.1) is 29.9 Å². The molecule has 0 spiro atoms. The number of nitrogens with zero attached hydrogens (tertiary/aromatic N) is 2. The van der Waals surface area contributed by atoms with Crippen LogP contribution < -0.4 is 10.1 Å². The summed E-state index contributed by atoms with van der Waals surface area (Å²) < 4.78 is 24.1. The van der Waals surface area contributed by atoms with Crippen LogP contribution in [0.1, 0.15) is 36.4 Å². The number of halogens is 2. The van der Waals surface area contributed by atoms with Gasteiger partial charge in [-0.3, -0.25) is 0 Å². The summed E-state index contributed by atoms with van der Waals surface area (Å²) in [6.45, 7) is 3.58. The summed E-state index contributed by atoms with van der Waals surface area (Å²) in [5.41, 5.74) is 6.29. The third kappa shape index (κ3) is 4.67. The zero-order valence-corrected chi connectivity index (χ0v) is 19.8. The van der Waals surface area contributed by atoms with Crippen LogP contribution in [0.5, 0.6) is 5.75 Å². The predicted octanol–water partition coefficient (Wildman–Crippen LogP) is 6.25. The van der Waals surface area contributed by atoms with Gasteiger partial charge in [0.25, 0.3) is 0 Å². The van der Waals surface area contributed by atoms with Gasteiger partial charge in [-0.25, -0.2) is 14.4 Å². The fourth-order valence-corrected chi connectivity index (χ4v) is 4.21. The molecular weight excluding hydrogens is 441 g/mol. The highest BCUT2D eigenvalue weighted by atomic mass is 35.5. The van der Waals surface area contributed by atoms with Gasteiger partial charge < -0.3 is 14.8 Å². The molecule has 0 atom stereocenters. The molecule has 0 amide bonds. The monoisotopic (exact) mass is 467 g/mol. The molecule has 33 heavy (non-hydrogen) atoms. The van der Waals surface area contributed by atoms with E-state index in [0.717, 1.165) is 45.2 Å². The number of aromatic nitrogens is 2. The molecule has 2 aromatic carbocycles. The Kier molecular flexibility index (Phi) is 7.14. The van der Waals surface area contributed by atoms with Crippen molar-refractivity contribution in [2.45, 2.75) is 33.1 Å². The number of methoxy groups -OCH3 is 1. The zero-order chi connectivity index (χ0) is 23.4. The highest BCUT2D eigenvalue weighted by Crippen LogP contribution is 2.37. The lowest BCUT2D eigenvalue weighted by molar-refractivity contribution is 0.186. The molecule has 7 heteroatoms. The molecule has 1 aliphatic rings. The summed E-state index contributed by atoms with van der Waals surface area (Å²) in [6, 6.07) is 13.6. The largest absolute Gasteiger partial charge is 0.496 e. The SMILES string of the molecule is CCc1nc(-c2ccc(Cl)cc2OC)c(CC)nc1NC1=C(OCCF)Cc2ccccc21. The van der Waals surface area contributed by atoms with E-state index >= 15 is 0 Å². The third-order valence-corrected chi connectivity index (χ3v) is 5.88. The molecule has 172 valence electrons. The van der Waals surface area contributed by atoms with Gasteiger partial charge in [0.1, 0.15) is 24.8 Å². The Labute approximate surface area is 198 Å². The fourth-order valence-electron chi connectivity index (χ4n) is 4.04. The first-order valence-electron chi connectivity index (χ1n) is 11.1. The molecule has 0 radical (unpaired) electrons. The number of hydrogen-bond acceptors (Lipinski definition) is 5. The average molecular weight is 468 g/mol. The van der Waals surface area contributed by atoms with Gasteiger partial charge in [-0.2, -0.15) is 0 Å². The van der Waals surface area contributed by atoms with Crippen LogP contribution in [0.3, 0.4) is 0 Å². The maximum absolute atomic E-state index is 12.8. The second kappa shape index (κ2) is 10.2. The third-order valence-electron chi connectivity index (χ3n) is 5.64. The molecule has 0 saturated heterocycles. The molecule has 0 saturated carbocycles. The van der Waals surface area contributed by atoms with Crippen LogP contribution in [-0.2, 0) is 24.0 Å². The van der Waals surface area contributed by atoms with E-state index in [9.17, 15) is 4.39 Å². The minimum atomic E-state index is -0.537. The van der Waals surface area contributed by atoms with Crippen molar-refractivity contribution in [2.75, 3.05) is 25.7 Å². The van der Waals surface area contributed by atoms with Crippen molar-refractivity contribution >= 4 is 23.1 Å². The first-order valence-corrected chi connectivity index (χ1v) is 11.5. The second-order valence-electron chi connectivity index (χ2n) is 7.66. The van der Waals surface area contributed by atoms with Crippen LogP contribution in [0.4, 0.5) is 10.2 Å². The van der Waals surface area contributed by atoms with E-state index in [1.165, 1.54) is 0 Å². The molecule has 1 heterocycles. The second-order valence-corrected chi connectivity index (χ2v) is 8.10. The molecule has 0 bridgehead atoms. The Hall–Kier alpha value is -3.12. The molecule has 5 nitrogen and oxygen atoms in total. The van der Waals surface area contributed by atoms with E-state index in [2.05, 4.69) is 11.4 Å². The number of rotatable bonds is 9. The number of allylic oxidation sites excluding steroid dienone is 1. The van der Waals surface area contributed by atoms with Gasteiger partial charge in [-0.1, -0.05) is 49.7 Å². The van der Waals surface area contributed by atoms with Crippen LogP contribution in [-0.4, -0.2) is 30.4 Å². The summed E-state index contributed by atoms with van der Waals surface area (Å²) in [7, 11) is 1.62. The molecule has 0 fully saturated rings. The van der Waals surface area contributed by atoms with E-state index in [1.54, 1.807) is 13.2 Å². The average Bonchev–Trinajstić information content (AvgIpc) is 3.19. The maximum atomic E-state index is 12.8. The Morgan fingerprint density at radius 1 is 1.03 bits per heavy atom. The molecule has 1 aliphatic carbocycles.